The number of carbonyl (C=O) groups excluding carboxylic acids is 1. The molecule has 0 N–H and O–H groups in total. The largest absolute Gasteiger partial charge is 0.481 e. The number of aromatic nitrogens is 1. The van der Waals surface area contributed by atoms with Crippen LogP contribution in [0.2, 0.25) is 0 Å². The molecule has 0 aliphatic carbocycles. The van der Waals surface area contributed by atoms with E-state index in [1.165, 1.54) is 13.3 Å². The summed E-state index contributed by atoms with van der Waals surface area (Å²) in [7, 11) is 1.52. The first-order chi connectivity index (χ1) is 9.10. The summed E-state index contributed by atoms with van der Waals surface area (Å²) in [5, 5.41) is 0. The molecule has 0 amide bonds. The second kappa shape index (κ2) is 5.52. The van der Waals surface area contributed by atoms with Crippen LogP contribution in [-0.4, -0.2) is 18.1 Å². The minimum atomic E-state index is -0.427. The summed E-state index contributed by atoms with van der Waals surface area (Å²) in [4.78, 5) is 16.0. The summed E-state index contributed by atoms with van der Waals surface area (Å²) in [6, 6.07) is 8.98. The summed E-state index contributed by atoms with van der Waals surface area (Å²) in [5.41, 5.74) is 2.35. The van der Waals surface area contributed by atoms with Crippen molar-refractivity contribution in [1.29, 1.82) is 0 Å². The van der Waals surface area contributed by atoms with E-state index in [-0.39, 0.29) is 0 Å². The number of aryl methyl sites for hydroxylation is 2. The Kier molecular flexibility index (Phi) is 3.80. The van der Waals surface area contributed by atoms with Crippen molar-refractivity contribution in [3.05, 3.63) is 53.2 Å². The maximum atomic E-state index is 12.0. The van der Waals surface area contributed by atoms with Crippen LogP contribution in [0.3, 0.4) is 0 Å². The fourth-order valence-electron chi connectivity index (χ4n) is 1.60. The molecule has 98 valence electrons. The van der Waals surface area contributed by atoms with E-state index in [4.69, 9.17) is 9.47 Å². The maximum absolute atomic E-state index is 12.0. The van der Waals surface area contributed by atoms with Gasteiger partial charge in [0.25, 0.3) is 0 Å². The highest BCUT2D eigenvalue weighted by Gasteiger charge is 2.11. The highest BCUT2D eigenvalue weighted by atomic mass is 16.5. The Balaban J connectivity index is 2.18. The molecule has 1 aromatic heterocycles. The minimum Gasteiger partial charge on any atom is -0.481 e. The van der Waals surface area contributed by atoms with Gasteiger partial charge in [-0.3, -0.25) is 0 Å². The van der Waals surface area contributed by atoms with Crippen LogP contribution in [-0.2, 0) is 0 Å². The number of pyridine rings is 1. The third kappa shape index (κ3) is 3.10. The lowest BCUT2D eigenvalue weighted by molar-refractivity contribution is 0.0733. The van der Waals surface area contributed by atoms with Gasteiger partial charge in [0, 0.05) is 12.3 Å². The Labute approximate surface area is 112 Å². The quantitative estimate of drug-likeness (QED) is 0.626. The lowest BCUT2D eigenvalue weighted by atomic mass is 10.1. The van der Waals surface area contributed by atoms with E-state index in [2.05, 4.69) is 4.98 Å². The van der Waals surface area contributed by atoms with E-state index in [1.54, 1.807) is 12.1 Å². The van der Waals surface area contributed by atoms with Gasteiger partial charge in [-0.2, -0.15) is 0 Å². The molecule has 2 aromatic rings. The molecule has 4 heteroatoms. The Bertz CT molecular complexity index is 591. The van der Waals surface area contributed by atoms with Gasteiger partial charge in [0.15, 0.2) is 0 Å². The standard InChI is InChI=1S/C15H15NO3/c1-10-4-5-11(2)13(8-10)19-15(17)12-6-7-14(18-3)16-9-12/h4-9H,1-3H3. The van der Waals surface area contributed by atoms with E-state index in [1.807, 2.05) is 32.0 Å². The first kappa shape index (κ1) is 13.1. The van der Waals surface area contributed by atoms with E-state index in [0.717, 1.165) is 11.1 Å². The molecular formula is C15H15NO3. The first-order valence-corrected chi connectivity index (χ1v) is 5.89. The average molecular weight is 257 g/mol. The van der Waals surface area contributed by atoms with Crippen LogP contribution in [0.1, 0.15) is 21.5 Å². The second-order valence-corrected chi connectivity index (χ2v) is 4.25. The number of ether oxygens (including phenoxy) is 2. The highest BCUT2D eigenvalue weighted by molar-refractivity contribution is 5.90. The second-order valence-electron chi connectivity index (χ2n) is 4.25. The lowest BCUT2D eigenvalue weighted by Gasteiger charge is -2.08. The third-order valence-corrected chi connectivity index (χ3v) is 2.73. The number of hydrogen-bond donors (Lipinski definition) is 0. The SMILES string of the molecule is COc1ccc(C(=O)Oc2cc(C)ccc2C)cn1. The molecule has 0 aliphatic heterocycles. The zero-order valence-electron chi connectivity index (χ0n) is 11.1. The van der Waals surface area contributed by atoms with Crippen molar-refractivity contribution in [2.75, 3.05) is 7.11 Å². The van der Waals surface area contributed by atoms with Gasteiger partial charge in [0.2, 0.25) is 5.88 Å². The smallest absolute Gasteiger partial charge is 0.345 e. The number of rotatable bonds is 3. The Morgan fingerprint density at radius 1 is 1.16 bits per heavy atom. The van der Waals surface area contributed by atoms with Gasteiger partial charge in [0.1, 0.15) is 5.75 Å². The van der Waals surface area contributed by atoms with Crippen molar-refractivity contribution >= 4 is 5.97 Å². The van der Waals surface area contributed by atoms with E-state index in [9.17, 15) is 4.79 Å². The van der Waals surface area contributed by atoms with Crippen LogP contribution < -0.4 is 9.47 Å². The van der Waals surface area contributed by atoms with Crippen LogP contribution in [0.25, 0.3) is 0 Å². The van der Waals surface area contributed by atoms with Crippen LogP contribution in [0.5, 0.6) is 11.6 Å². The predicted octanol–water partition coefficient (Wildman–Crippen LogP) is 2.93. The molecule has 1 heterocycles. The fraction of sp³-hybridized carbons (Fsp3) is 0.200. The molecule has 2 rings (SSSR count). The third-order valence-electron chi connectivity index (χ3n) is 2.73. The zero-order chi connectivity index (χ0) is 13.8. The lowest BCUT2D eigenvalue weighted by Crippen LogP contribution is -2.09. The predicted molar refractivity (Wildman–Crippen MR) is 71.7 cm³/mol. The van der Waals surface area contributed by atoms with E-state index in [0.29, 0.717) is 17.2 Å². The number of esters is 1. The minimum absolute atomic E-state index is 0.390. The topological polar surface area (TPSA) is 48.4 Å². The molecule has 19 heavy (non-hydrogen) atoms. The molecule has 0 unspecified atom stereocenters. The molecular weight excluding hydrogens is 242 g/mol. The maximum Gasteiger partial charge on any atom is 0.345 e. The number of carbonyl (C=O) groups is 1. The Hall–Kier alpha value is -2.36. The van der Waals surface area contributed by atoms with Gasteiger partial charge in [-0.15, -0.1) is 0 Å². The molecule has 0 saturated carbocycles. The zero-order valence-corrected chi connectivity index (χ0v) is 11.1. The number of benzene rings is 1. The monoisotopic (exact) mass is 257 g/mol. The number of nitrogens with zero attached hydrogens (tertiary/aromatic N) is 1. The number of methoxy groups -OCH3 is 1. The summed E-state index contributed by atoms with van der Waals surface area (Å²) < 4.78 is 10.3. The molecule has 0 fully saturated rings. The van der Waals surface area contributed by atoms with Crippen molar-refractivity contribution in [3.8, 4) is 11.6 Å². The number of hydrogen-bond acceptors (Lipinski definition) is 4. The average Bonchev–Trinajstić information content (AvgIpc) is 2.43. The summed E-state index contributed by atoms with van der Waals surface area (Å²) in [6.45, 7) is 3.85. The van der Waals surface area contributed by atoms with Crippen molar-refractivity contribution in [2.45, 2.75) is 13.8 Å². The Morgan fingerprint density at radius 2 is 1.95 bits per heavy atom. The molecule has 0 spiro atoms. The van der Waals surface area contributed by atoms with E-state index < -0.39 is 5.97 Å². The summed E-state index contributed by atoms with van der Waals surface area (Å²) in [6.07, 6.45) is 1.44. The van der Waals surface area contributed by atoms with Gasteiger partial charge < -0.3 is 9.47 Å². The van der Waals surface area contributed by atoms with E-state index >= 15 is 0 Å². The molecule has 0 atom stereocenters. The fourth-order valence-corrected chi connectivity index (χ4v) is 1.60. The molecule has 0 bridgehead atoms. The van der Waals surface area contributed by atoms with Crippen LogP contribution in [0.15, 0.2) is 36.5 Å². The van der Waals surface area contributed by atoms with Crippen molar-refractivity contribution in [1.82, 2.24) is 4.98 Å². The Morgan fingerprint density at radius 3 is 2.58 bits per heavy atom. The normalized spacial score (nSPS) is 10.1. The van der Waals surface area contributed by atoms with Crippen molar-refractivity contribution in [2.24, 2.45) is 0 Å². The molecule has 1 aromatic carbocycles. The molecule has 0 aliphatic rings. The molecule has 0 radical (unpaired) electrons. The van der Waals surface area contributed by atoms with Gasteiger partial charge in [0.05, 0.1) is 12.7 Å². The van der Waals surface area contributed by atoms with Crippen LogP contribution in [0.4, 0.5) is 0 Å². The highest BCUT2D eigenvalue weighted by Crippen LogP contribution is 2.20. The van der Waals surface area contributed by atoms with Gasteiger partial charge in [-0.1, -0.05) is 12.1 Å². The molecule has 0 saturated heterocycles. The van der Waals surface area contributed by atoms with Crippen LogP contribution in [0, 0.1) is 13.8 Å². The first-order valence-electron chi connectivity index (χ1n) is 5.89. The van der Waals surface area contributed by atoms with Gasteiger partial charge in [-0.25, -0.2) is 9.78 Å². The summed E-state index contributed by atoms with van der Waals surface area (Å²) >= 11 is 0. The van der Waals surface area contributed by atoms with Crippen molar-refractivity contribution < 1.29 is 14.3 Å². The van der Waals surface area contributed by atoms with Crippen LogP contribution >= 0.6 is 0 Å². The molecule has 4 nitrogen and oxygen atoms in total. The van der Waals surface area contributed by atoms with Gasteiger partial charge in [-0.05, 0) is 37.1 Å². The summed E-state index contributed by atoms with van der Waals surface area (Å²) in [5.74, 6) is 0.605. The van der Waals surface area contributed by atoms with Crippen molar-refractivity contribution in [3.63, 3.8) is 0 Å². The van der Waals surface area contributed by atoms with Gasteiger partial charge >= 0.3 is 5.97 Å².